The molecule has 0 spiro atoms. The van der Waals surface area contributed by atoms with E-state index in [1.54, 1.807) is 35.2 Å². The maximum Gasteiger partial charge on any atom is 0.283 e. The molecule has 0 radical (unpaired) electrons. The van der Waals surface area contributed by atoms with Crippen LogP contribution in [0.3, 0.4) is 0 Å². The summed E-state index contributed by atoms with van der Waals surface area (Å²) in [6.07, 6.45) is 9.47. The van der Waals surface area contributed by atoms with E-state index in [9.17, 15) is 32.0 Å². The van der Waals surface area contributed by atoms with Gasteiger partial charge in [-0.1, -0.05) is 24.5 Å². The molecule has 5 aromatic rings. The van der Waals surface area contributed by atoms with Gasteiger partial charge in [-0.2, -0.15) is 4.98 Å². The zero-order valence-corrected chi connectivity index (χ0v) is 43.5. The van der Waals surface area contributed by atoms with Crippen molar-refractivity contribution in [2.45, 2.75) is 57.2 Å². The maximum absolute atomic E-state index is 14.2. The largest absolute Gasteiger partial charge is 0.494 e. The van der Waals surface area contributed by atoms with Gasteiger partial charge in [0.25, 0.3) is 11.8 Å². The molecule has 4 aliphatic heterocycles. The highest BCUT2D eigenvalue weighted by molar-refractivity contribution is 9.10. The molecule has 9 rings (SSSR count). The summed E-state index contributed by atoms with van der Waals surface area (Å²) in [5.41, 5.74) is 5.02. The number of fused-ring (bicyclic) bond motifs is 2. The molecule has 3 fully saturated rings. The van der Waals surface area contributed by atoms with Crippen molar-refractivity contribution in [3.05, 3.63) is 94.6 Å². The number of piperazine rings is 1. The van der Waals surface area contributed by atoms with Gasteiger partial charge < -0.3 is 35.4 Å². The Balaban J connectivity index is 0.808. The molecule has 4 amide bonds. The van der Waals surface area contributed by atoms with Crippen LogP contribution in [0.25, 0.3) is 11.0 Å². The number of hydrogen-bond donors (Lipinski definition) is 4. The van der Waals surface area contributed by atoms with E-state index in [-0.39, 0.29) is 35.7 Å². The number of hydrogen-bond acceptors (Lipinski definition) is 16. The highest BCUT2D eigenvalue weighted by Crippen LogP contribution is 2.41. The second kappa shape index (κ2) is 22.1. The minimum Gasteiger partial charge on any atom is -0.494 e. The number of halogens is 2. The van der Waals surface area contributed by atoms with E-state index >= 15 is 0 Å². The van der Waals surface area contributed by atoms with Crippen molar-refractivity contribution < 1.29 is 36.7 Å². The van der Waals surface area contributed by atoms with Crippen LogP contribution < -0.4 is 35.2 Å². The van der Waals surface area contributed by atoms with Crippen LogP contribution in [0.1, 0.15) is 60.0 Å². The summed E-state index contributed by atoms with van der Waals surface area (Å²) >= 11 is 3.50. The Labute approximate surface area is 436 Å². The summed E-state index contributed by atoms with van der Waals surface area (Å²) in [6, 6.07) is 12.0. The summed E-state index contributed by atoms with van der Waals surface area (Å²) in [6.45, 7) is 9.50. The first-order valence-corrected chi connectivity index (χ1v) is 26.8. The molecule has 4 aliphatic rings. The lowest BCUT2D eigenvalue weighted by Gasteiger charge is -2.43. The summed E-state index contributed by atoms with van der Waals surface area (Å²) < 4.78 is 47.2. The van der Waals surface area contributed by atoms with Gasteiger partial charge in [0.1, 0.15) is 28.8 Å². The van der Waals surface area contributed by atoms with Crippen molar-refractivity contribution in [1.82, 2.24) is 40.0 Å². The number of anilines is 7. The lowest BCUT2D eigenvalue weighted by Crippen LogP contribution is -2.53. The highest BCUT2D eigenvalue weighted by atomic mass is 79.9. The fourth-order valence-corrected chi connectivity index (χ4v) is 10.6. The zero-order valence-electron chi connectivity index (χ0n) is 41.1. The molecule has 2 aromatic heterocycles. The fourth-order valence-electron chi connectivity index (χ4n) is 9.83. The Morgan fingerprint density at radius 1 is 0.986 bits per heavy atom. The summed E-state index contributed by atoms with van der Waals surface area (Å²) in [5, 5.41) is 11.4. The number of benzene rings is 3. The van der Waals surface area contributed by atoms with Gasteiger partial charge in [-0.15, -0.1) is 0 Å². The van der Waals surface area contributed by atoms with Gasteiger partial charge >= 0.3 is 0 Å². The second-order valence-electron chi connectivity index (χ2n) is 18.4. The number of aromatic nitrogens is 4. The second-order valence-corrected chi connectivity index (χ2v) is 21.3. The van der Waals surface area contributed by atoms with Crippen molar-refractivity contribution in [2.24, 2.45) is 0 Å². The standard InChI is InChI=1S/C51H55BrFN13O7S/c1-31(53)48(68)58-39-27-40(59-51-56-29-36(52)47(61-51)57-38-13-12-37-45(55-19-18-54-37)46(38)62(2)74(4,71)72)43(73-3)28-42(39)65-21-16-33(17-22-65)64-25-23-63(24-26-64)20-7-5-6-9-32-10-8-11-34-35(32)30-66(50(34)70)41-14-15-44(67)60-49(41)69/h8,10-13,18-19,27-29,33,41H,1,5,7,14-17,20-26,30H2,2-4H3,(H,58,68)(H,60,67,69)(H2,56,57,59,61). The maximum atomic E-state index is 14.2. The third-order valence-corrected chi connectivity index (χ3v) is 15.5. The van der Waals surface area contributed by atoms with Gasteiger partial charge in [-0.3, -0.25) is 43.7 Å². The van der Waals surface area contributed by atoms with Gasteiger partial charge in [0.05, 0.1) is 46.1 Å². The molecule has 23 heteroatoms. The molecule has 3 aromatic carbocycles. The predicted octanol–water partition coefficient (Wildman–Crippen LogP) is 5.67. The number of ether oxygens (including phenoxy) is 1. The van der Waals surface area contributed by atoms with Crippen molar-refractivity contribution in [3.8, 4) is 17.6 Å². The van der Waals surface area contributed by atoms with Gasteiger partial charge in [0.15, 0.2) is 5.83 Å². The number of unbranched alkanes of at least 4 members (excludes halogenated alkanes) is 1. The molecule has 0 aliphatic carbocycles. The molecular formula is C51H55BrFN13O7S. The quantitative estimate of drug-likeness (QED) is 0.0428. The number of methoxy groups -OCH3 is 1. The van der Waals surface area contributed by atoms with Gasteiger partial charge in [0.2, 0.25) is 27.8 Å². The van der Waals surface area contributed by atoms with Crippen LogP contribution in [0, 0.1) is 11.8 Å². The Kier molecular flexibility index (Phi) is 15.4. The Morgan fingerprint density at radius 3 is 2.49 bits per heavy atom. The smallest absolute Gasteiger partial charge is 0.283 e. The van der Waals surface area contributed by atoms with Crippen molar-refractivity contribution in [2.75, 3.05) is 91.4 Å². The van der Waals surface area contributed by atoms with E-state index in [4.69, 9.17) is 4.74 Å². The van der Waals surface area contributed by atoms with E-state index in [1.807, 2.05) is 12.1 Å². The Morgan fingerprint density at radius 2 is 1.76 bits per heavy atom. The lowest BCUT2D eigenvalue weighted by molar-refractivity contribution is -0.137. The zero-order chi connectivity index (χ0) is 52.3. The number of piperidine rings is 2. The lowest BCUT2D eigenvalue weighted by atomic mass is 10.0. The molecule has 4 N–H and O–H groups in total. The monoisotopic (exact) mass is 1090 g/mol. The average molecular weight is 1090 g/mol. The minimum atomic E-state index is -3.72. The van der Waals surface area contributed by atoms with Crippen molar-refractivity contribution in [1.29, 1.82) is 0 Å². The van der Waals surface area contributed by atoms with Crippen LogP contribution in [-0.2, 0) is 31.0 Å². The molecule has 386 valence electrons. The Hall–Kier alpha value is -7.26. The number of carbonyl (C=O) groups is 4. The van der Waals surface area contributed by atoms with Crippen LogP contribution in [0.4, 0.5) is 44.6 Å². The van der Waals surface area contributed by atoms with Crippen LogP contribution in [-0.4, -0.2) is 145 Å². The molecule has 74 heavy (non-hydrogen) atoms. The van der Waals surface area contributed by atoms with E-state index in [2.05, 4.69) is 90.3 Å². The van der Waals surface area contributed by atoms with Crippen LogP contribution in [0.2, 0.25) is 0 Å². The average Bonchev–Trinajstić information content (AvgIpc) is 3.73. The number of imide groups is 1. The first kappa shape index (κ1) is 51.6. The van der Waals surface area contributed by atoms with E-state index in [1.165, 1.54) is 32.7 Å². The Bertz CT molecular complexity index is 3230. The van der Waals surface area contributed by atoms with E-state index in [0.29, 0.717) is 88.1 Å². The van der Waals surface area contributed by atoms with Gasteiger partial charge in [0, 0.05) is 108 Å². The predicted molar refractivity (Wildman–Crippen MR) is 283 cm³/mol. The van der Waals surface area contributed by atoms with Crippen LogP contribution in [0.5, 0.6) is 5.75 Å². The summed E-state index contributed by atoms with van der Waals surface area (Å²) in [7, 11) is -0.771. The van der Waals surface area contributed by atoms with Crippen LogP contribution >= 0.6 is 15.9 Å². The van der Waals surface area contributed by atoms with Crippen molar-refractivity contribution in [3.63, 3.8) is 0 Å². The van der Waals surface area contributed by atoms with Crippen molar-refractivity contribution >= 4 is 101 Å². The summed E-state index contributed by atoms with van der Waals surface area (Å²) in [4.78, 5) is 76.8. The number of carbonyl (C=O) groups excluding carboxylic acids is 4. The summed E-state index contributed by atoms with van der Waals surface area (Å²) in [5.74, 6) is 4.31. The molecule has 1 atom stereocenters. The van der Waals surface area contributed by atoms with Gasteiger partial charge in [-0.05, 0) is 84.1 Å². The number of nitrogens with zero attached hydrogens (tertiary/aromatic N) is 9. The number of sulfonamides is 1. The third kappa shape index (κ3) is 11.3. The van der Waals surface area contributed by atoms with Gasteiger partial charge in [-0.25, -0.2) is 17.8 Å². The number of amides is 4. The molecule has 1 unspecified atom stereocenters. The van der Waals surface area contributed by atoms with E-state index < -0.39 is 33.7 Å². The molecular weight excluding hydrogens is 1040 g/mol. The third-order valence-electron chi connectivity index (χ3n) is 13.8. The molecule has 6 heterocycles. The first-order chi connectivity index (χ1) is 35.6. The molecule has 20 nitrogen and oxygen atoms in total. The normalized spacial score (nSPS) is 17.6. The number of nitrogens with one attached hydrogen (secondary N) is 4. The SMILES string of the molecule is C=C(F)C(=O)Nc1cc(Nc2ncc(Br)c(Nc3ccc4nccnc4c3N(C)S(C)(=O)=O)n2)c(OC)cc1N1CCC(N2CCN(CCCC#Cc3cccc4c3CN(C3CCC(=O)NC3=O)C4=O)CC2)CC1. The molecule has 0 saturated carbocycles. The molecule has 0 bridgehead atoms. The fraction of sp³-hybridized carbons (Fsp3) is 0.373. The first-order valence-electron chi connectivity index (χ1n) is 24.1. The number of rotatable bonds is 15. The molecule has 3 saturated heterocycles. The topological polar surface area (TPSA) is 228 Å². The van der Waals surface area contributed by atoms with Crippen LogP contribution in [0.15, 0.2) is 77.9 Å². The van der Waals surface area contributed by atoms with E-state index in [0.717, 1.165) is 73.7 Å². The highest BCUT2D eigenvalue weighted by Gasteiger charge is 2.40. The minimum absolute atomic E-state index is 0.121.